The first-order valence-electron chi connectivity index (χ1n) is 8.15. The van der Waals surface area contributed by atoms with Crippen LogP contribution >= 0.6 is 12.4 Å². The number of halogens is 1. The molecule has 130 valence electrons. The minimum Gasteiger partial charge on any atom is -0.454 e. The molecule has 7 heteroatoms. The Morgan fingerprint density at radius 3 is 3.08 bits per heavy atom. The standard InChI is InChI=1S/C17H22N4O2.ClH/c1-18-14-3-2-6-21(10-14)9-13-8-19-20-17(13)12-4-5-15-16(7-12)23-11-22-15;/h4-5,7-8,14,18H,2-3,6,9-11H2,1H3,(H,19,20);1H. The first-order valence-corrected chi connectivity index (χ1v) is 8.15. The van der Waals surface area contributed by atoms with Gasteiger partial charge in [-0.05, 0) is 44.6 Å². The molecule has 2 N–H and O–H groups in total. The van der Waals surface area contributed by atoms with Crippen LogP contribution in [0.3, 0.4) is 0 Å². The lowest BCUT2D eigenvalue weighted by molar-refractivity contribution is 0.174. The van der Waals surface area contributed by atoms with Crippen molar-refractivity contribution in [2.75, 3.05) is 26.9 Å². The van der Waals surface area contributed by atoms with Gasteiger partial charge in [0.1, 0.15) is 0 Å². The Morgan fingerprint density at radius 2 is 2.21 bits per heavy atom. The van der Waals surface area contributed by atoms with Crippen molar-refractivity contribution in [3.05, 3.63) is 30.0 Å². The molecule has 0 aliphatic carbocycles. The molecule has 1 unspecified atom stereocenters. The zero-order chi connectivity index (χ0) is 15.6. The van der Waals surface area contributed by atoms with Crippen molar-refractivity contribution in [2.24, 2.45) is 0 Å². The minimum atomic E-state index is 0. The summed E-state index contributed by atoms with van der Waals surface area (Å²) < 4.78 is 10.9. The van der Waals surface area contributed by atoms with Crippen LogP contribution in [0.1, 0.15) is 18.4 Å². The number of fused-ring (bicyclic) bond motifs is 1. The normalized spacial score (nSPS) is 20.0. The molecule has 3 heterocycles. The molecular formula is C17H23ClN4O2. The second-order valence-electron chi connectivity index (χ2n) is 6.20. The predicted molar refractivity (Wildman–Crippen MR) is 94.8 cm³/mol. The molecule has 1 aromatic heterocycles. The SMILES string of the molecule is CNC1CCCN(Cc2cn[nH]c2-c2ccc3c(c2)OCO3)C1.Cl. The van der Waals surface area contributed by atoms with E-state index in [0.717, 1.165) is 42.4 Å². The largest absolute Gasteiger partial charge is 0.454 e. The second kappa shape index (κ2) is 7.42. The van der Waals surface area contributed by atoms with Crippen LogP contribution < -0.4 is 14.8 Å². The summed E-state index contributed by atoms with van der Waals surface area (Å²) in [7, 11) is 2.05. The smallest absolute Gasteiger partial charge is 0.231 e. The molecule has 0 spiro atoms. The lowest BCUT2D eigenvalue weighted by Crippen LogP contribution is -2.43. The number of hydrogen-bond donors (Lipinski definition) is 2. The molecule has 0 amide bonds. The summed E-state index contributed by atoms with van der Waals surface area (Å²) in [5, 5.41) is 10.8. The van der Waals surface area contributed by atoms with Gasteiger partial charge in [-0.25, -0.2) is 0 Å². The molecule has 0 bridgehead atoms. The third-order valence-corrected chi connectivity index (χ3v) is 4.69. The molecule has 1 atom stereocenters. The lowest BCUT2D eigenvalue weighted by atomic mass is 10.0. The van der Waals surface area contributed by atoms with E-state index in [-0.39, 0.29) is 12.4 Å². The molecule has 2 aliphatic heterocycles. The quantitative estimate of drug-likeness (QED) is 0.886. The van der Waals surface area contributed by atoms with Gasteiger partial charge in [0.25, 0.3) is 0 Å². The minimum absolute atomic E-state index is 0. The van der Waals surface area contributed by atoms with E-state index in [1.54, 1.807) is 0 Å². The molecule has 2 aromatic rings. The second-order valence-corrected chi connectivity index (χ2v) is 6.20. The van der Waals surface area contributed by atoms with Crippen LogP contribution in [0.15, 0.2) is 24.4 Å². The van der Waals surface area contributed by atoms with Crippen molar-refractivity contribution < 1.29 is 9.47 Å². The van der Waals surface area contributed by atoms with Crippen LogP contribution in [-0.4, -0.2) is 48.1 Å². The fraction of sp³-hybridized carbons (Fsp3) is 0.471. The van der Waals surface area contributed by atoms with Gasteiger partial charge < -0.3 is 14.8 Å². The summed E-state index contributed by atoms with van der Waals surface area (Å²) in [6.07, 6.45) is 4.43. The molecular weight excluding hydrogens is 328 g/mol. The molecule has 24 heavy (non-hydrogen) atoms. The van der Waals surface area contributed by atoms with Crippen LogP contribution in [0, 0.1) is 0 Å². The number of likely N-dealkylation sites (N-methyl/N-ethyl adjacent to an activating group) is 1. The highest BCUT2D eigenvalue weighted by molar-refractivity contribution is 5.85. The highest BCUT2D eigenvalue weighted by Crippen LogP contribution is 2.36. The van der Waals surface area contributed by atoms with Crippen molar-refractivity contribution in [3.63, 3.8) is 0 Å². The van der Waals surface area contributed by atoms with Gasteiger partial charge in [0.15, 0.2) is 11.5 Å². The lowest BCUT2D eigenvalue weighted by Gasteiger charge is -2.32. The number of nitrogens with one attached hydrogen (secondary N) is 2. The first-order chi connectivity index (χ1) is 11.3. The van der Waals surface area contributed by atoms with E-state index in [1.165, 1.54) is 18.4 Å². The number of ether oxygens (including phenoxy) is 2. The van der Waals surface area contributed by atoms with Crippen molar-refractivity contribution in [3.8, 4) is 22.8 Å². The Kier molecular flexibility index (Phi) is 5.28. The Balaban J connectivity index is 0.00000169. The number of aromatic nitrogens is 2. The summed E-state index contributed by atoms with van der Waals surface area (Å²) in [5.74, 6) is 1.61. The van der Waals surface area contributed by atoms with Crippen molar-refractivity contribution in [1.29, 1.82) is 0 Å². The molecule has 1 aromatic carbocycles. The van der Waals surface area contributed by atoms with Gasteiger partial charge in [-0.1, -0.05) is 0 Å². The van der Waals surface area contributed by atoms with Crippen LogP contribution in [0.2, 0.25) is 0 Å². The predicted octanol–water partition coefficient (Wildman–Crippen LogP) is 2.41. The van der Waals surface area contributed by atoms with Crippen LogP contribution in [0.4, 0.5) is 0 Å². The third-order valence-electron chi connectivity index (χ3n) is 4.69. The van der Waals surface area contributed by atoms with Crippen molar-refractivity contribution in [1.82, 2.24) is 20.4 Å². The molecule has 4 rings (SSSR count). The summed E-state index contributed by atoms with van der Waals surface area (Å²) in [4.78, 5) is 2.49. The van der Waals surface area contributed by atoms with E-state index in [2.05, 4.69) is 26.5 Å². The van der Waals surface area contributed by atoms with Gasteiger partial charge in [-0.2, -0.15) is 5.10 Å². The van der Waals surface area contributed by atoms with E-state index < -0.39 is 0 Å². The maximum atomic E-state index is 5.48. The Morgan fingerprint density at radius 1 is 1.33 bits per heavy atom. The van der Waals surface area contributed by atoms with Crippen molar-refractivity contribution >= 4 is 12.4 Å². The van der Waals surface area contributed by atoms with Gasteiger partial charge in [0, 0.05) is 30.3 Å². The number of likely N-dealkylation sites (tertiary alicyclic amines) is 1. The van der Waals surface area contributed by atoms with E-state index in [0.29, 0.717) is 12.8 Å². The highest BCUT2D eigenvalue weighted by Gasteiger charge is 2.21. The maximum absolute atomic E-state index is 5.48. The summed E-state index contributed by atoms with van der Waals surface area (Å²) >= 11 is 0. The summed E-state index contributed by atoms with van der Waals surface area (Å²) in [6, 6.07) is 6.62. The molecule has 2 aliphatic rings. The summed E-state index contributed by atoms with van der Waals surface area (Å²) in [5.41, 5.74) is 3.37. The van der Waals surface area contributed by atoms with E-state index >= 15 is 0 Å². The van der Waals surface area contributed by atoms with E-state index in [9.17, 15) is 0 Å². The van der Waals surface area contributed by atoms with Crippen LogP contribution in [0.5, 0.6) is 11.5 Å². The van der Waals surface area contributed by atoms with Gasteiger partial charge in [-0.3, -0.25) is 10.00 Å². The number of benzene rings is 1. The average molecular weight is 351 g/mol. The number of hydrogen-bond acceptors (Lipinski definition) is 5. The number of rotatable bonds is 4. The molecule has 0 radical (unpaired) electrons. The van der Waals surface area contributed by atoms with E-state index in [1.807, 2.05) is 25.4 Å². The Labute approximate surface area is 147 Å². The number of aromatic amines is 1. The fourth-order valence-corrected chi connectivity index (χ4v) is 3.41. The molecule has 6 nitrogen and oxygen atoms in total. The van der Waals surface area contributed by atoms with Gasteiger partial charge >= 0.3 is 0 Å². The first kappa shape index (κ1) is 17.1. The van der Waals surface area contributed by atoms with Crippen LogP contribution in [-0.2, 0) is 6.54 Å². The molecule has 1 saturated heterocycles. The number of nitrogens with zero attached hydrogens (tertiary/aromatic N) is 2. The highest BCUT2D eigenvalue weighted by atomic mass is 35.5. The van der Waals surface area contributed by atoms with Crippen LogP contribution in [0.25, 0.3) is 11.3 Å². The average Bonchev–Trinajstić information content (AvgIpc) is 3.23. The Hall–Kier alpha value is -1.76. The zero-order valence-corrected chi connectivity index (χ0v) is 14.6. The topological polar surface area (TPSA) is 62.4 Å². The fourth-order valence-electron chi connectivity index (χ4n) is 3.41. The van der Waals surface area contributed by atoms with Gasteiger partial charge in [-0.15, -0.1) is 12.4 Å². The number of H-pyrrole nitrogens is 1. The third kappa shape index (κ3) is 3.36. The molecule has 0 saturated carbocycles. The Bertz CT molecular complexity index is 691. The van der Waals surface area contributed by atoms with E-state index in [4.69, 9.17) is 9.47 Å². The molecule has 1 fully saturated rings. The maximum Gasteiger partial charge on any atom is 0.231 e. The van der Waals surface area contributed by atoms with Crippen molar-refractivity contribution in [2.45, 2.75) is 25.4 Å². The summed E-state index contributed by atoms with van der Waals surface area (Å²) in [6.45, 7) is 3.44. The zero-order valence-electron chi connectivity index (χ0n) is 13.7. The van der Waals surface area contributed by atoms with Gasteiger partial charge in [0.05, 0.1) is 11.9 Å². The van der Waals surface area contributed by atoms with Gasteiger partial charge in [0.2, 0.25) is 6.79 Å². The monoisotopic (exact) mass is 350 g/mol. The number of piperidine rings is 1.